The number of carbonyl (C=O) groups excluding carboxylic acids is 4. The number of aliphatic hydroxyl groups is 3. The molecule has 2 rings (SSSR count). The van der Waals surface area contributed by atoms with E-state index < -0.39 is 91.3 Å². The quantitative estimate of drug-likeness (QED) is 0.116. The van der Waals surface area contributed by atoms with E-state index in [4.69, 9.17) is 26.0 Å². The van der Waals surface area contributed by atoms with E-state index in [1.165, 1.54) is 19.1 Å². The van der Waals surface area contributed by atoms with E-state index in [2.05, 4.69) is 10.6 Å². The second kappa shape index (κ2) is 14.0. The zero-order valence-electron chi connectivity index (χ0n) is 21.2. The number of ether oxygens (including phenoxy) is 2. The standard InChI is InChI=1S/C24H34N4O11/c1-2-14(23(36)27-13(21(26)34)8-9-17(31)32)38-19-18(33)15(11-29)39-24(37,10-16(25)30)20(19)28-22(35)12-6-4-3-5-7-12/h3-7,13-15,18-20,29,33,37H,2,8-11H2,1H3,(H2,25,30)(H2,26,34)(H,27,36)(H,28,35)(H,31,32)/t13-,14+,15-,18-,19+,20-,24?/m1/s1. The Hall–Kier alpha value is -3.63. The van der Waals surface area contributed by atoms with Crippen LogP contribution in [0.1, 0.15) is 43.0 Å². The minimum absolute atomic E-state index is 0.0578. The molecule has 4 amide bonds. The molecule has 1 aromatic carbocycles. The summed E-state index contributed by atoms with van der Waals surface area (Å²) in [6, 6.07) is 4.68. The van der Waals surface area contributed by atoms with Gasteiger partial charge in [-0.1, -0.05) is 25.1 Å². The van der Waals surface area contributed by atoms with Gasteiger partial charge in [-0.25, -0.2) is 0 Å². The van der Waals surface area contributed by atoms with Gasteiger partial charge < -0.3 is 52.0 Å². The molecule has 39 heavy (non-hydrogen) atoms. The van der Waals surface area contributed by atoms with Gasteiger partial charge in [0.15, 0.2) is 5.79 Å². The van der Waals surface area contributed by atoms with Crippen LogP contribution < -0.4 is 22.1 Å². The van der Waals surface area contributed by atoms with Crippen LogP contribution in [0.25, 0.3) is 0 Å². The first-order valence-electron chi connectivity index (χ1n) is 12.1. The molecule has 10 N–H and O–H groups in total. The molecule has 1 aromatic rings. The van der Waals surface area contributed by atoms with Crippen LogP contribution in [0.15, 0.2) is 30.3 Å². The number of primary amides is 2. The van der Waals surface area contributed by atoms with Gasteiger partial charge in [0.25, 0.3) is 5.91 Å². The minimum atomic E-state index is -2.57. The Balaban J connectivity index is 2.40. The Kier molecular flexibility index (Phi) is 11.3. The van der Waals surface area contributed by atoms with Gasteiger partial charge in [-0.2, -0.15) is 0 Å². The number of rotatable bonds is 14. The zero-order chi connectivity index (χ0) is 29.3. The van der Waals surface area contributed by atoms with Gasteiger partial charge in [-0.3, -0.25) is 24.0 Å². The highest BCUT2D eigenvalue weighted by atomic mass is 16.7. The van der Waals surface area contributed by atoms with Crippen LogP contribution >= 0.6 is 0 Å². The first kappa shape index (κ1) is 31.6. The maximum Gasteiger partial charge on any atom is 0.303 e. The molecule has 7 atom stereocenters. The summed E-state index contributed by atoms with van der Waals surface area (Å²) in [6.45, 7) is 0.673. The first-order valence-corrected chi connectivity index (χ1v) is 12.1. The average molecular weight is 555 g/mol. The summed E-state index contributed by atoms with van der Waals surface area (Å²) in [7, 11) is 0. The maximum atomic E-state index is 13.0. The smallest absolute Gasteiger partial charge is 0.303 e. The number of aliphatic hydroxyl groups excluding tert-OH is 2. The molecule has 1 heterocycles. The van der Waals surface area contributed by atoms with E-state index in [-0.39, 0.29) is 18.4 Å². The second-order valence-electron chi connectivity index (χ2n) is 9.03. The van der Waals surface area contributed by atoms with Crippen LogP contribution in [0, 0.1) is 0 Å². The number of carboxylic acid groups (broad SMARTS) is 1. The molecule has 0 saturated carbocycles. The summed E-state index contributed by atoms with van der Waals surface area (Å²) in [5, 5.41) is 45.6. The molecule has 1 fully saturated rings. The monoisotopic (exact) mass is 554 g/mol. The van der Waals surface area contributed by atoms with E-state index in [0.29, 0.717) is 0 Å². The van der Waals surface area contributed by atoms with Gasteiger partial charge in [-0.05, 0) is 25.0 Å². The average Bonchev–Trinajstić information content (AvgIpc) is 2.87. The number of hydrogen-bond donors (Lipinski definition) is 8. The minimum Gasteiger partial charge on any atom is -0.481 e. The Labute approximate surface area is 223 Å². The number of carbonyl (C=O) groups is 5. The zero-order valence-corrected chi connectivity index (χ0v) is 21.2. The second-order valence-corrected chi connectivity index (χ2v) is 9.03. The van der Waals surface area contributed by atoms with Crippen molar-refractivity contribution in [1.82, 2.24) is 10.6 Å². The Morgan fingerprint density at radius 1 is 1.15 bits per heavy atom. The van der Waals surface area contributed by atoms with Gasteiger partial charge in [0, 0.05) is 12.0 Å². The topological polar surface area (TPSA) is 261 Å². The Morgan fingerprint density at radius 2 is 1.79 bits per heavy atom. The Bertz CT molecular complexity index is 1040. The maximum absolute atomic E-state index is 13.0. The third-order valence-corrected chi connectivity index (χ3v) is 6.11. The number of carboxylic acids is 1. The van der Waals surface area contributed by atoms with E-state index in [9.17, 15) is 39.3 Å². The first-order chi connectivity index (χ1) is 18.3. The van der Waals surface area contributed by atoms with E-state index in [1.54, 1.807) is 18.2 Å². The molecule has 0 bridgehead atoms. The van der Waals surface area contributed by atoms with Crippen molar-refractivity contribution in [1.29, 1.82) is 0 Å². The van der Waals surface area contributed by atoms with Crippen molar-refractivity contribution in [2.45, 2.75) is 74.9 Å². The highest BCUT2D eigenvalue weighted by Crippen LogP contribution is 2.33. The van der Waals surface area contributed by atoms with Crippen LogP contribution in [0.4, 0.5) is 0 Å². The fourth-order valence-electron chi connectivity index (χ4n) is 4.14. The van der Waals surface area contributed by atoms with Crippen molar-refractivity contribution in [3.63, 3.8) is 0 Å². The third kappa shape index (κ3) is 8.43. The third-order valence-electron chi connectivity index (χ3n) is 6.11. The predicted octanol–water partition coefficient (Wildman–Crippen LogP) is -2.90. The molecule has 1 unspecified atom stereocenters. The summed E-state index contributed by atoms with van der Waals surface area (Å²) in [4.78, 5) is 60.4. The van der Waals surface area contributed by atoms with Crippen molar-refractivity contribution >= 4 is 29.6 Å². The lowest BCUT2D eigenvalue weighted by Gasteiger charge is -2.49. The molecule has 1 aliphatic heterocycles. The molecule has 1 saturated heterocycles. The molecule has 0 aliphatic carbocycles. The number of aliphatic carboxylic acids is 1. The number of nitrogens with one attached hydrogen (secondary N) is 2. The van der Waals surface area contributed by atoms with Crippen molar-refractivity contribution in [3.8, 4) is 0 Å². The van der Waals surface area contributed by atoms with Gasteiger partial charge in [0.05, 0.1) is 13.0 Å². The molecule has 1 aliphatic rings. The fraction of sp³-hybridized carbons (Fsp3) is 0.542. The molecular formula is C24H34N4O11. The summed E-state index contributed by atoms with van der Waals surface area (Å²) < 4.78 is 11.2. The van der Waals surface area contributed by atoms with Crippen LogP contribution in [0.2, 0.25) is 0 Å². The van der Waals surface area contributed by atoms with Crippen LogP contribution in [-0.4, -0.2) is 98.9 Å². The van der Waals surface area contributed by atoms with Gasteiger partial charge in [-0.15, -0.1) is 0 Å². The molecule has 0 radical (unpaired) electrons. The lowest BCUT2D eigenvalue weighted by Crippen LogP contribution is -2.72. The molecule has 0 aromatic heterocycles. The van der Waals surface area contributed by atoms with Crippen LogP contribution in [-0.2, 0) is 28.7 Å². The lowest BCUT2D eigenvalue weighted by atomic mass is 9.87. The van der Waals surface area contributed by atoms with Crippen LogP contribution in [0.5, 0.6) is 0 Å². The lowest BCUT2D eigenvalue weighted by molar-refractivity contribution is -0.324. The SMILES string of the molecule is CC[C@H](O[C@H]1[C@H](O)[C@@H](CO)OC(O)(CC(N)=O)[C@@H]1NC(=O)c1ccccc1)C(=O)N[C@H](CCC(=O)O)C(N)=O. The van der Waals surface area contributed by atoms with E-state index >= 15 is 0 Å². The van der Waals surface area contributed by atoms with Crippen molar-refractivity contribution < 1.29 is 53.9 Å². The summed E-state index contributed by atoms with van der Waals surface area (Å²) in [6.07, 6.45) is -8.01. The van der Waals surface area contributed by atoms with Gasteiger partial charge in [0.2, 0.25) is 17.7 Å². The molecule has 15 heteroatoms. The van der Waals surface area contributed by atoms with Gasteiger partial charge in [0.1, 0.15) is 36.5 Å². The molecule has 15 nitrogen and oxygen atoms in total. The van der Waals surface area contributed by atoms with Crippen molar-refractivity contribution in [2.75, 3.05) is 6.61 Å². The highest BCUT2D eigenvalue weighted by molar-refractivity contribution is 5.94. The molecule has 0 spiro atoms. The molecular weight excluding hydrogens is 520 g/mol. The number of hydrogen-bond acceptors (Lipinski definition) is 10. The number of benzene rings is 1. The fourth-order valence-corrected chi connectivity index (χ4v) is 4.14. The summed E-state index contributed by atoms with van der Waals surface area (Å²) >= 11 is 0. The largest absolute Gasteiger partial charge is 0.481 e. The van der Waals surface area contributed by atoms with Crippen molar-refractivity contribution in [2.24, 2.45) is 11.5 Å². The predicted molar refractivity (Wildman–Crippen MR) is 131 cm³/mol. The summed E-state index contributed by atoms with van der Waals surface area (Å²) in [5.41, 5.74) is 10.7. The van der Waals surface area contributed by atoms with Crippen LogP contribution in [0.3, 0.4) is 0 Å². The van der Waals surface area contributed by atoms with Crippen molar-refractivity contribution in [3.05, 3.63) is 35.9 Å². The van der Waals surface area contributed by atoms with Gasteiger partial charge >= 0.3 is 5.97 Å². The highest BCUT2D eigenvalue weighted by Gasteiger charge is 2.56. The number of amides is 4. The van der Waals surface area contributed by atoms with E-state index in [1.807, 2.05) is 0 Å². The number of nitrogens with two attached hydrogens (primary N) is 2. The molecule has 216 valence electrons. The normalized spacial score (nSPS) is 26.2. The summed E-state index contributed by atoms with van der Waals surface area (Å²) in [5.74, 6) is -7.48. The Morgan fingerprint density at radius 3 is 2.31 bits per heavy atom. The van der Waals surface area contributed by atoms with E-state index in [0.717, 1.165) is 0 Å².